The Morgan fingerprint density at radius 1 is 1.15 bits per heavy atom. The van der Waals surface area contributed by atoms with E-state index >= 15 is 0 Å². The highest BCUT2D eigenvalue weighted by Crippen LogP contribution is 2.22. The second kappa shape index (κ2) is 8.06. The number of nitrogens with zero attached hydrogens (tertiary/aromatic N) is 1. The summed E-state index contributed by atoms with van der Waals surface area (Å²) in [5.41, 5.74) is 1.57. The molecule has 0 spiro atoms. The summed E-state index contributed by atoms with van der Waals surface area (Å²) in [6.45, 7) is 1.84. The van der Waals surface area contributed by atoms with E-state index in [0.29, 0.717) is 34.6 Å². The maximum Gasteiger partial charge on any atom is 0.344 e. The van der Waals surface area contributed by atoms with Crippen molar-refractivity contribution in [3.8, 4) is 11.8 Å². The van der Waals surface area contributed by atoms with E-state index in [-0.39, 0.29) is 12.4 Å². The highest BCUT2D eigenvalue weighted by molar-refractivity contribution is 6.04. The second-order valence-electron chi connectivity index (χ2n) is 5.55. The summed E-state index contributed by atoms with van der Waals surface area (Å²) in [5.74, 6) is -0.235. The molecule has 1 heterocycles. The summed E-state index contributed by atoms with van der Waals surface area (Å²) in [5, 5.41) is 12.3. The zero-order chi connectivity index (χ0) is 19.2. The molecule has 0 fully saturated rings. The van der Waals surface area contributed by atoms with Crippen LogP contribution < -0.4 is 10.1 Å². The molecule has 0 aliphatic heterocycles. The van der Waals surface area contributed by atoms with Crippen LogP contribution in [0.3, 0.4) is 0 Å². The largest absolute Gasteiger partial charge is 0.482 e. The molecule has 136 valence electrons. The third-order valence-electron chi connectivity index (χ3n) is 3.64. The van der Waals surface area contributed by atoms with Crippen LogP contribution in [-0.4, -0.2) is 25.1 Å². The minimum atomic E-state index is -0.445. The third kappa shape index (κ3) is 4.44. The molecule has 7 nitrogen and oxygen atoms in total. The van der Waals surface area contributed by atoms with E-state index in [2.05, 4.69) is 5.32 Å². The Morgan fingerprint density at radius 2 is 1.93 bits per heavy atom. The van der Waals surface area contributed by atoms with E-state index in [4.69, 9.17) is 19.2 Å². The van der Waals surface area contributed by atoms with Crippen LogP contribution in [0.5, 0.6) is 5.75 Å². The Morgan fingerprint density at radius 3 is 2.63 bits per heavy atom. The van der Waals surface area contributed by atoms with Crippen LogP contribution in [0.25, 0.3) is 11.0 Å². The lowest BCUT2D eigenvalue weighted by Crippen LogP contribution is -2.14. The predicted octanol–water partition coefficient (Wildman–Crippen LogP) is 3.50. The lowest BCUT2D eigenvalue weighted by Gasteiger charge is -2.07. The first-order valence-electron chi connectivity index (χ1n) is 8.22. The van der Waals surface area contributed by atoms with Crippen LogP contribution in [0.15, 0.2) is 52.9 Å². The lowest BCUT2D eigenvalue weighted by atomic mass is 10.2. The SMILES string of the molecule is CCOC(=O)COc1ccc(NC(=O)c2cc3cc(C#N)ccc3o2)cc1. The topological polar surface area (TPSA) is 102 Å². The number of ether oxygens (including phenoxy) is 2. The van der Waals surface area contributed by atoms with Crippen molar-refractivity contribution in [2.75, 3.05) is 18.5 Å². The molecule has 2 aromatic carbocycles. The molecule has 0 aliphatic rings. The average Bonchev–Trinajstić information content (AvgIpc) is 3.11. The Hall–Kier alpha value is -3.79. The molecule has 7 heteroatoms. The molecule has 0 saturated carbocycles. The number of carbonyl (C=O) groups is 2. The van der Waals surface area contributed by atoms with E-state index in [1.165, 1.54) is 0 Å². The van der Waals surface area contributed by atoms with Crippen molar-refractivity contribution < 1.29 is 23.5 Å². The fraction of sp³-hybridized carbons (Fsp3) is 0.150. The van der Waals surface area contributed by atoms with Gasteiger partial charge in [-0.25, -0.2) is 4.79 Å². The predicted molar refractivity (Wildman–Crippen MR) is 97.5 cm³/mol. The number of rotatable bonds is 6. The number of esters is 1. The van der Waals surface area contributed by atoms with Gasteiger partial charge < -0.3 is 19.2 Å². The summed E-state index contributed by atoms with van der Waals surface area (Å²) >= 11 is 0. The molecular formula is C20H16N2O5. The van der Waals surface area contributed by atoms with Gasteiger partial charge in [0.25, 0.3) is 5.91 Å². The van der Waals surface area contributed by atoms with Gasteiger partial charge in [-0.05, 0) is 55.5 Å². The summed E-state index contributed by atoms with van der Waals surface area (Å²) in [6, 6.07) is 15.1. The fourth-order valence-corrected chi connectivity index (χ4v) is 2.40. The fourth-order valence-electron chi connectivity index (χ4n) is 2.40. The van der Waals surface area contributed by atoms with Crippen LogP contribution >= 0.6 is 0 Å². The summed E-state index contributed by atoms with van der Waals surface area (Å²) < 4.78 is 15.6. The van der Waals surface area contributed by atoms with Crippen molar-refractivity contribution in [3.63, 3.8) is 0 Å². The van der Waals surface area contributed by atoms with Crippen molar-refractivity contribution in [2.24, 2.45) is 0 Å². The number of amides is 1. The summed E-state index contributed by atoms with van der Waals surface area (Å²) in [6.07, 6.45) is 0. The number of hydrogen-bond donors (Lipinski definition) is 1. The number of furan rings is 1. The number of fused-ring (bicyclic) bond motifs is 1. The molecule has 1 N–H and O–H groups in total. The lowest BCUT2D eigenvalue weighted by molar-refractivity contribution is -0.145. The van der Waals surface area contributed by atoms with Gasteiger partial charge in [0.2, 0.25) is 0 Å². The van der Waals surface area contributed by atoms with Gasteiger partial charge in [0.15, 0.2) is 12.4 Å². The zero-order valence-electron chi connectivity index (χ0n) is 14.5. The summed E-state index contributed by atoms with van der Waals surface area (Å²) in [7, 11) is 0. The minimum Gasteiger partial charge on any atom is -0.482 e. The minimum absolute atomic E-state index is 0.141. The quantitative estimate of drug-likeness (QED) is 0.672. The molecule has 0 aliphatic carbocycles. The third-order valence-corrected chi connectivity index (χ3v) is 3.64. The molecule has 27 heavy (non-hydrogen) atoms. The number of nitriles is 1. The first-order chi connectivity index (χ1) is 13.1. The van der Waals surface area contributed by atoms with Crippen LogP contribution in [0.4, 0.5) is 5.69 Å². The van der Waals surface area contributed by atoms with Gasteiger partial charge in [-0.1, -0.05) is 0 Å². The molecule has 3 aromatic rings. The molecule has 0 unspecified atom stereocenters. The Bertz CT molecular complexity index is 1020. The van der Waals surface area contributed by atoms with Crippen molar-refractivity contribution in [3.05, 3.63) is 59.9 Å². The number of nitrogens with one attached hydrogen (secondary N) is 1. The van der Waals surface area contributed by atoms with Gasteiger partial charge in [-0.3, -0.25) is 4.79 Å². The highest BCUT2D eigenvalue weighted by Gasteiger charge is 2.13. The Balaban J connectivity index is 1.64. The Kier molecular flexibility index (Phi) is 5.38. The van der Waals surface area contributed by atoms with Gasteiger partial charge in [0.05, 0.1) is 18.2 Å². The van der Waals surface area contributed by atoms with E-state index in [1.807, 2.05) is 6.07 Å². The van der Waals surface area contributed by atoms with Crippen molar-refractivity contribution in [1.29, 1.82) is 5.26 Å². The number of benzene rings is 2. The van der Waals surface area contributed by atoms with Crippen molar-refractivity contribution in [2.45, 2.75) is 6.92 Å². The monoisotopic (exact) mass is 364 g/mol. The van der Waals surface area contributed by atoms with Gasteiger partial charge in [0, 0.05) is 11.1 Å². The smallest absolute Gasteiger partial charge is 0.344 e. The number of hydrogen-bond acceptors (Lipinski definition) is 6. The number of anilines is 1. The van der Waals surface area contributed by atoms with E-state index in [1.54, 1.807) is 55.5 Å². The van der Waals surface area contributed by atoms with Gasteiger partial charge >= 0.3 is 5.97 Å². The maximum absolute atomic E-state index is 12.3. The molecule has 0 radical (unpaired) electrons. The first-order valence-corrected chi connectivity index (χ1v) is 8.22. The molecule has 0 saturated heterocycles. The van der Waals surface area contributed by atoms with Crippen LogP contribution in [0, 0.1) is 11.3 Å². The highest BCUT2D eigenvalue weighted by atomic mass is 16.6. The zero-order valence-corrected chi connectivity index (χ0v) is 14.5. The van der Waals surface area contributed by atoms with Gasteiger partial charge in [-0.15, -0.1) is 0 Å². The molecule has 0 atom stereocenters. The van der Waals surface area contributed by atoms with Crippen molar-refractivity contribution in [1.82, 2.24) is 0 Å². The molecule has 3 rings (SSSR count). The van der Waals surface area contributed by atoms with Crippen LogP contribution in [0.2, 0.25) is 0 Å². The van der Waals surface area contributed by atoms with E-state index in [9.17, 15) is 9.59 Å². The van der Waals surface area contributed by atoms with Crippen LogP contribution in [0.1, 0.15) is 23.0 Å². The Labute approximate surface area is 155 Å². The van der Waals surface area contributed by atoms with Gasteiger partial charge in [0.1, 0.15) is 11.3 Å². The molecular weight excluding hydrogens is 348 g/mol. The van der Waals surface area contributed by atoms with E-state index < -0.39 is 11.9 Å². The van der Waals surface area contributed by atoms with Gasteiger partial charge in [-0.2, -0.15) is 5.26 Å². The maximum atomic E-state index is 12.3. The molecule has 1 aromatic heterocycles. The summed E-state index contributed by atoms with van der Waals surface area (Å²) in [4.78, 5) is 23.6. The normalized spacial score (nSPS) is 10.2. The second-order valence-corrected chi connectivity index (χ2v) is 5.55. The average molecular weight is 364 g/mol. The van der Waals surface area contributed by atoms with Crippen molar-refractivity contribution >= 4 is 28.5 Å². The van der Waals surface area contributed by atoms with E-state index in [0.717, 1.165) is 0 Å². The standard InChI is InChI=1S/C20H16N2O5/c1-2-25-19(23)12-26-16-6-4-15(5-7-16)22-20(24)18-10-14-9-13(11-21)3-8-17(14)27-18/h3-10H,2,12H2,1H3,(H,22,24). The molecule has 1 amide bonds. The molecule has 0 bridgehead atoms. The number of carbonyl (C=O) groups excluding carboxylic acids is 2. The first kappa shape index (κ1) is 18.0. The van der Waals surface area contributed by atoms with Crippen LogP contribution in [-0.2, 0) is 9.53 Å².